The number of carbonyl (C=O) groups excluding carboxylic acids is 1. The predicted molar refractivity (Wildman–Crippen MR) is 46.8 cm³/mol. The fraction of sp³-hybridized carbons (Fsp3) is 0.857. The van der Waals surface area contributed by atoms with Crippen molar-refractivity contribution < 1.29 is 17.9 Å². The van der Waals surface area contributed by atoms with Crippen LogP contribution in [0.4, 0.5) is 0 Å². The van der Waals surface area contributed by atoms with Gasteiger partial charge in [0, 0.05) is 6.04 Å². The first-order valence-corrected chi connectivity index (χ1v) is 5.80. The maximum Gasteiger partial charge on any atom is 0.309 e. The van der Waals surface area contributed by atoms with Crippen molar-refractivity contribution in [2.45, 2.75) is 12.5 Å². The molecule has 0 radical (unpaired) electrons. The van der Waals surface area contributed by atoms with E-state index >= 15 is 0 Å². The van der Waals surface area contributed by atoms with Crippen molar-refractivity contribution in [3.05, 3.63) is 0 Å². The number of methoxy groups -OCH3 is 1. The highest BCUT2D eigenvalue weighted by Crippen LogP contribution is 2.18. The third kappa shape index (κ3) is 2.67. The van der Waals surface area contributed by atoms with Gasteiger partial charge in [-0.25, -0.2) is 8.42 Å². The van der Waals surface area contributed by atoms with Gasteiger partial charge in [-0.15, -0.1) is 0 Å². The van der Waals surface area contributed by atoms with Crippen molar-refractivity contribution in [2.24, 2.45) is 11.7 Å². The van der Waals surface area contributed by atoms with E-state index in [0.717, 1.165) is 0 Å². The van der Waals surface area contributed by atoms with E-state index in [9.17, 15) is 13.2 Å². The smallest absolute Gasteiger partial charge is 0.309 e. The Morgan fingerprint density at radius 1 is 1.46 bits per heavy atom. The molecular formula is C7H13NO4S. The average molecular weight is 207 g/mol. The molecule has 1 rings (SSSR count). The van der Waals surface area contributed by atoms with E-state index in [-0.39, 0.29) is 11.5 Å². The number of nitrogens with two attached hydrogens (primary N) is 1. The maximum absolute atomic E-state index is 11.2. The van der Waals surface area contributed by atoms with Gasteiger partial charge in [0.2, 0.25) is 0 Å². The monoisotopic (exact) mass is 207 g/mol. The van der Waals surface area contributed by atoms with Gasteiger partial charge in [0.05, 0.1) is 24.5 Å². The summed E-state index contributed by atoms with van der Waals surface area (Å²) >= 11 is 0. The molecule has 13 heavy (non-hydrogen) atoms. The fourth-order valence-corrected chi connectivity index (χ4v) is 3.34. The van der Waals surface area contributed by atoms with Gasteiger partial charge in [-0.3, -0.25) is 4.79 Å². The topological polar surface area (TPSA) is 86.5 Å². The van der Waals surface area contributed by atoms with Crippen LogP contribution in [0, 0.1) is 5.92 Å². The molecule has 2 N–H and O–H groups in total. The second-order valence-corrected chi connectivity index (χ2v) is 5.45. The first-order valence-electron chi connectivity index (χ1n) is 3.98. The molecule has 1 heterocycles. The molecule has 0 amide bonds. The Kier molecular flexibility index (Phi) is 2.92. The number of ether oxygens (including phenoxy) is 1. The highest BCUT2D eigenvalue weighted by atomic mass is 32.2. The lowest BCUT2D eigenvalue weighted by Crippen LogP contribution is -2.43. The summed E-state index contributed by atoms with van der Waals surface area (Å²) in [5.41, 5.74) is 5.51. The van der Waals surface area contributed by atoms with Gasteiger partial charge in [-0.1, -0.05) is 0 Å². The third-order valence-corrected chi connectivity index (χ3v) is 3.89. The average Bonchev–Trinajstić information content (AvgIpc) is 1.99. The van der Waals surface area contributed by atoms with Crippen LogP contribution in [-0.2, 0) is 19.4 Å². The molecule has 0 saturated carbocycles. The van der Waals surface area contributed by atoms with Gasteiger partial charge in [-0.2, -0.15) is 0 Å². The molecule has 2 atom stereocenters. The Hall–Kier alpha value is -0.620. The van der Waals surface area contributed by atoms with Crippen LogP contribution in [0.15, 0.2) is 0 Å². The van der Waals surface area contributed by atoms with E-state index in [1.165, 1.54) is 7.11 Å². The van der Waals surface area contributed by atoms with Crippen LogP contribution in [0.2, 0.25) is 0 Å². The standard InChI is InChI=1S/C7H13NO4S/c1-12-7(9)5-2-6(8)4-13(10,11)3-5/h5-6H,2-4,8H2,1H3. The molecule has 0 aromatic heterocycles. The summed E-state index contributed by atoms with van der Waals surface area (Å²) in [7, 11) is -1.92. The zero-order valence-corrected chi connectivity index (χ0v) is 8.21. The lowest BCUT2D eigenvalue weighted by atomic mass is 10.0. The van der Waals surface area contributed by atoms with E-state index in [4.69, 9.17) is 5.73 Å². The summed E-state index contributed by atoms with van der Waals surface area (Å²) in [5.74, 6) is -1.23. The summed E-state index contributed by atoms with van der Waals surface area (Å²) in [4.78, 5) is 11.1. The minimum Gasteiger partial charge on any atom is -0.469 e. The number of hydrogen-bond donors (Lipinski definition) is 1. The zero-order chi connectivity index (χ0) is 10.1. The van der Waals surface area contributed by atoms with Gasteiger partial charge >= 0.3 is 5.97 Å². The molecule has 1 fully saturated rings. The molecule has 76 valence electrons. The SMILES string of the molecule is COC(=O)C1CC(N)CS(=O)(=O)C1. The molecule has 0 aromatic carbocycles. The molecule has 0 aliphatic carbocycles. The van der Waals surface area contributed by atoms with E-state index < -0.39 is 27.8 Å². The lowest BCUT2D eigenvalue weighted by molar-refractivity contribution is -0.145. The van der Waals surface area contributed by atoms with Crippen LogP contribution >= 0.6 is 0 Å². The molecule has 6 heteroatoms. The van der Waals surface area contributed by atoms with Crippen molar-refractivity contribution in [1.29, 1.82) is 0 Å². The molecule has 1 saturated heterocycles. The number of esters is 1. The van der Waals surface area contributed by atoms with Crippen LogP contribution < -0.4 is 5.73 Å². The Morgan fingerprint density at radius 3 is 2.54 bits per heavy atom. The van der Waals surface area contributed by atoms with Gasteiger partial charge in [-0.05, 0) is 6.42 Å². The first kappa shape index (κ1) is 10.5. The number of hydrogen-bond acceptors (Lipinski definition) is 5. The third-order valence-electron chi connectivity index (χ3n) is 2.04. The number of carbonyl (C=O) groups is 1. The van der Waals surface area contributed by atoms with Gasteiger partial charge in [0.1, 0.15) is 0 Å². The highest BCUT2D eigenvalue weighted by molar-refractivity contribution is 7.91. The second kappa shape index (κ2) is 3.63. The molecule has 5 nitrogen and oxygen atoms in total. The van der Waals surface area contributed by atoms with Crippen LogP contribution in [0.25, 0.3) is 0 Å². The lowest BCUT2D eigenvalue weighted by Gasteiger charge is -2.24. The molecule has 0 bridgehead atoms. The summed E-state index contributed by atoms with van der Waals surface area (Å²) in [6.45, 7) is 0. The van der Waals surface area contributed by atoms with E-state index in [0.29, 0.717) is 6.42 Å². The Labute approximate surface area is 77.2 Å². The first-order chi connectivity index (χ1) is 5.94. The minimum atomic E-state index is -3.16. The van der Waals surface area contributed by atoms with Crippen molar-refractivity contribution in [2.75, 3.05) is 18.6 Å². The summed E-state index contributed by atoms with van der Waals surface area (Å²) in [6.07, 6.45) is 0.395. The summed E-state index contributed by atoms with van der Waals surface area (Å²) < 4.78 is 26.9. The molecule has 1 aliphatic rings. The molecular weight excluding hydrogens is 194 g/mol. The number of sulfone groups is 1. The van der Waals surface area contributed by atoms with Crippen LogP contribution in [0.3, 0.4) is 0 Å². The molecule has 1 aliphatic heterocycles. The van der Waals surface area contributed by atoms with Gasteiger partial charge < -0.3 is 10.5 Å². The van der Waals surface area contributed by atoms with Crippen LogP contribution in [0.5, 0.6) is 0 Å². The van der Waals surface area contributed by atoms with E-state index in [2.05, 4.69) is 4.74 Å². The van der Waals surface area contributed by atoms with Crippen LogP contribution in [0.1, 0.15) is 6.42 Å². The Morgan fingerprint density at radius 2 is 2.08 bits per heavy atom. The summed E-state index contributed by atoms with van der Waals surface area (Å²) in [5, 5.41) is 0. The summed E-state index contributed by atoms with van der Waals surface area (Å²) in [6, 6.07) is -0.442. The van der Waals surface area contributed by atoms with Gasteiger partial charge in [0.25, 0.3) is 0 Å². The maximum atomic E-state index is 11.2. The fourth-order valence-electron chi connectivity index (χ4n) is 1.53. The second-order valence-electron chi connectivity index (χ2n) is 3.29. The van der Waals surface area contributed by atoms with E-state index in [1.54, 1.807) is 0 Å². The van der Waals surface area contributed by atoms with Crippen molar-refractivity contribution in [1.82, 2.24) is 0 Å². The Bertz CT molecular complexity index is 298. The number of rotatable bonds is 1. The zero-order valence-electron chi connectivity index (χ0n) is 7.39. The predicted octanol–water partition coefficient (Wildman–Crippen LogP) is -1.08. The van der Waals surface area contributed by atoms with Crippen molar-refractivity contribution in [3.8, 4) is 0 Å². The van der Waals surface area contributed by atoms with E-state index in [1.807, 2.05) is 0 Å². The Balaban J connectivity index is 2.74. The minimum absolute atomic E-state index is 0.0273. The molecule has 0 aromatic rings. The quantitative estimate of drug-likeness (QED) is 0.553. The van der Waals surface area contributed by atoms with Crippen molar-refractivity contribution >= 4 is 15.8 Å². The molecule has 2 unspecified atom stereocenters. The normalized spacial score (nSPS) is 32.5. The van der Waals surface area contributed by atoms with Crippen molar-refractivity contribution in [3.63, 3.8) is 0 Å². The molecule has 0 spiro atoms. The van der Waals surface area contributed by atoms with Gasteiger partial charge in [0.15, 0.2) is 9.84 Å². The largest absolute Gasteiger partial charge is 0.469 e. The van der Waals surface area contributed by atoms with Crippen LogP contribution in [-0.4, -0.2) is 39.0 Å². The highest BCUT2D eigenvalue weighted by Gasteiger charge is 2.34.